The highest BCUT2D eigenvalue weighted by Crippen LogP contribution is 2.28. The summed E-state index contributed by atoms with van der Waals surface area (Å²) in [6.07, 6.45) is 1.05. The van der Waals surface area contributed by atoms with E-state index in [4.69, 9.17) is 4.74 Å². The first-order valence-electron chi connectivity index (χ1n) is 4.70. The minimum absolute atomic E-state index is 0.0110. The maximum atomic E-state index is 11.3. The van der Waals surface area contributed by atoms with Crippen molar-refractivity contribution in [3.63, 3.8) is 0 Å². The largest absolute Gasteiger partial charge is 0.462 e. The van der Waals surface area contributed by atoms with Crippen LogP contribution in [0, 0.1) is 11.8 Å². The van der Waals surface area contributed by atoms with E-state index >= 15 is 0 Å². The van der Waals surface area contributed by atoms with Gasteiger partial charge >= 0.3 is 5.97 Å². The van der Waals surface area contributed by atoms with Crippen molar-refractivity contribution < 1.29 is 14.3 Å². The Labute approximate surface area is 78.5 Å². The van der Waals surface area contributed by atoms with Crippen LogP contribution in [0.3, 0.4) is 0 Å². The minimum Gasteiger partial charge on any atom is -0.462 e. The molecule has 1 rings (SSSR count). The number of cyclic esters (lactones) is 1. The number of ketones is 1. The van der Waals surface area contributed by atoms with E-state index in [0.29, 0.717) is 18.8 Å². The number of Topliss-reactive ketones (excluding diaryl/α,β-unsaturated/α-hetero) is 1. The number of carbonyl (C=O) groups is 2. The first-order chi connectivity index (χ1) is 6.00. The van der Waals surface area contributed by atoms with Gasteiger partial charge in [0.2, 0.25) is 0 Å². The molecular formula is C10H16O3. The van der Waals surface area contributed by atoms with Crippen molar-refractivity contribution in [2.45, 2.75) is 39.7 Å². The highest BCUT2D eigenvalue weighted by Gasteiger charge is 2.36. The summed E-state index contributed by atoms with van der Waals surface area (Å²) in [4.78, 5) is 22.1. The Bertz CT molecular complexity index is 220. The predicted octanol–water partition coefficient (Wildman–Crippen LogP) is 1.55. The lowest BCUT2D eigenvalue weighted by Gasteiger charge is -2.11. The van der Waals surface area contributed by atoms with Gasteiger partial charge in [0, 0.05) is 6.42 Å². The Morgan fingerprint density at radius 1 is 1.62 bits per heavy atom. The minimum atomic E-state index is -0.200. The van der Waals surface area contributed by atoms with Gasteiger partial charge in [0.25, 0.3) is 0 Å². The Hall–Kier alpha value is -0.860. The van der Waals surface area contributed by atoms with Crippen molar-refractivity contribution in [1.29, 1.82) is 0 Å². The van der Waals surface area contributed by atoms with Gasteiger partial charge in [-0.3, -0.25) is 4.79 Å². The molecule has 0 bridgehead atoms. The third-order valence-corrected chi connectivity index (χ3v) is 2.40. The number of hydrogen-bond acceptors (Lipinski definition) is 3. The second-order valence-corrected chi connectivity index (χ2v) is 4.06. The van der Waals surface area contributed by atoms with Gasteiger partial charge in [-0.15, -0.1) is 0 Å². The summed E-state index contributed by atoms with van der Waals surface area (Å²) in [6.45, 7) is 5.55. The molecule has 1 aliphatic rings. The molecule has 2 atom stereocenters. The lowest BCUT2D eigenvalue weighted by Crippen LogP contribution is -2.13. The summed E-state index contributed by atoms with van der Waals surface area (Å²) in [5.74, 6) is 0.0195. The van der Waals surface area contributed by atoms with Crippen LogP contribution < -0.4 is 0 Å². The summed E-state index contributed by atoms with van der Waals surface area (Å²) in [5.41, 5.74) is 0. The molecule has 0 amide bonds. The van der Waals surface area contributed by atoms with Crippen molar-refractivity contribution in [3.8, 4) is 0 Å². The van der Waals surface area contributed by atoms with E-state index in [1.54, 1.807) is 0 Å². The number of rotatable bonds is 3. The zero-order chi connectivity index (χ0) is 10.0. The second kappa shape index (κ2) is 3.90. The van der Waals surface area contributed by atoms with E-state index in [9.17, 15) is 9.59 Å². The molecule has 13 heavy (non-hydrogen) atoms. The lowest BCUT2D eigenvalue weighted by atomic mass is 9.95. The van der Waals surface area contributed by atoms with Crippen LogP contribution in [0.2, 0.25) is 0 Å². The van der Waals surface area contributed by atoms with E-state index in [1.807, 2.05) is 13.8 Å². The summed E-state index contributed by atoms with van der Waals surface area (Å²) in [5, 5.41) is 0. The SMILES string of the molecule is CC(=O)CC1CC(C(C)C)OC1=O. The fraction of sp³-hybridized carbons (Fsp3) is 0.800. The van der Waals surface area contributed by atoms with Gasteiger partial charge in [0.15, 0.2) is 0 Å². The molecule has 0 radical (unpaired) electrons. The first kappa shape index (κ1) is 10.2. The lowest BCUT2D eigenvalue weighted by molar-refractivity contribution is -0.146. The van der Waals surface area contributed by atoms with E-state index in [-0.39, 0.29) is 23.8 Å². The number of esters is 1. The van der Waals surface area contributed by atoms with Gasteiger partial charge < -0.3 is 9.53 Å². The van der Waals surface area contributed by atoms with Gasteiger partial charge in [-0.25, -0.2) is 0 Å². The normalized spacial score (nSPS) is 27.8. The molecule has 1 fully saturated rings. The predicted molar refractivity (Wildman–Crippen MR) is 48.1 cm³/mol. The molecule has 74 valence electrons. The van der Waals surface area contributed by atoms with Crippen LogP contribution in [0.1, 0.15) is 33.6 Å². The van der Waals surface area contributed by atoms with Crippen LogP contribution in [0.15, 0.2) is 0 Å². The van der Waals surface area contributed by atoms with Crippen LogP contribution in [0.4, 0.5) is 0 Å². The third kappa shape index (κ3) is 2.54. The highest BCUT2D eigenvalue weighted by molar-refractivity contribution is 5.83. The molecule has 0 aliphatic carbocycles. The van der Waals surface area contributed by atoms with Crippen LogP contribution in [0.5, 0.6) is 0 Å². The molecule has 1 aliphatic heterocycles. The van der Waals surface area contributed by atoms with Gasteiger partial charge in [-0.1, -0.05) is 13.8 Å². The average Bonchev–Trinajstić information content (AvgIpc) is 2.31. The second-order valence-electron chi connectivity index (χ2n) is 4.06. The van der Waals surface area contributed by atoms with Gasteiger partial charge in [-0.2, -0.15) is 0 Å². The molecule has 0 aromatic heterocycles. The Morgan fingerprint density at radius 3 is 2.62 bits per heavy atom. The molecule has 0 N–H and O–H groups in total. The van der Waals surface area contributed by atoms with Crippen LogP contribution in [-0.4, -0.2) is 17.9 Å². The maximum Gasteiger partial charge on any atom is 0.309 e. The molecule has 1 heterocycles. The quantitative estimate of drug-likeness (QED) is 0.625. The summed E-state index contributed by atoms with van der Waals surface area (Å²) < 4.78 is 5.15. The van der Waals surface area contributed by atoms with Crippen LogP contribution >= 0.6 is 0 Å². The van der Waals surface area contributed by atoms with Crippen molar-refractivity contribution in [2.75, 3.05) is 0 Å². The van der Waals surface area contributed by atoms with Crippen molar-refractivity contribution in [2.24, 2.45) is 11.8 Å². The average molecular weight is 184 g/mol. The molecular weight excluding hydrogens is 168 g/mol. The summed E-state index contributed by atoms with van der Waals surface area (Å²) >= 11 is 0. The topological polar surface area (TPSA) is 43.4 Å². The molecule has 0 aromatic carbocycles. The van der Waals surface area contributed by atoms with E-state index < -0.39 is 0 Å². The van der Waals surface area contributed by atoms with E-state index in [2.05, 4.69) is 0 Å². The molecule has 3 heteroatoms. The fourth-order valence-corrected chi connectivity index (χ4v) is 1.59. The molecule has 2 unspecified atom stereocenters. The molecule has 3 nitrogen and oxygen atoms in total. The first-order valence-corrected chi connectivity index (χ1v) is 4.70. The van der Waals surface area contributed by atoms with Gasteiger partial charge in [-0.05, 0) is 19.3 Å². The standard InChI is InChI=1S/C10H16O3/c1-6(2)9-5-8(4-7(3)11)10(12)13-9/h6,8-9H,4-5H2,1-3H3. The molecule has 1 saturated heterocycles. The molecule has 0 spiro atoms. The Kier molecular flexibility index (Phi) is 3.07. The fourth-order valence-electron chi connectivity index (χ4n) is 1.59. The van der Waals surface area contributed by atoms with Crippen molar-refractivity contribution in [1.82, 2.24) is 0 Å². The number of ether oxygens (including phenoxy) is 1. The van der Waals surface area contributed by atoms with Gasteiger partial charge in [0.05, 0.1) is 5.92 Å². The smallest absolute Gasteiger partial charge is 0.309 e. The van der Waals surface area contributed by atoms with E-state index in [1.165, 1.54) is 6.92 Å². The number of carbonyl (C=O) groups excluding carboxylic acids is 2. The van der Waals surface area contributed by atoms with Crippen LogP contribution in [-0.2, 0) is 14.3 Å². The maximum absolute atomic E-state index is 11.3. The van der Waals surface area contributed by atoms with E-state index in [0.717, 1.165) is 0 Å². The molecule has 0 saturated carbocycles. The van der Waals surface area contributed by atoms with Crippen LogP contribution in [0.25, 0.3) is 0 Å². The monoisotopic (exact) mass is 184 g/mol. The Balaban J connectivity index is 2.51. The van der Waals surface area contributed by atoms with Crippen molar-refractivity contribution in [3.05, 3.63) is 0 Å². The number of hydrogen-bond donors (Lipinski definition) is 0. The van der Waals surface area contributed by atoms with Crippen molar-refractivity contribution >= 4 is 11.8 Å². The molecule has 0 aromatic rings. The Morgan fingerprint density at radius 2 is 2.23 bits per heavy atom. The summed E-state index contributed by atoms with van der Waals surface area (Å²) in [6, 6.07) is 0. The van der Waals surface area contributed by atoms with Gasteiger partial charge in [0.1, 0.15) is 11.9 Å². The highest BCUT2D eigenvalue weighted by atomic mass is 16.6. The zero-order valence-electron chi connectivity index (χ0n) is 8.37. The summed E-state index contributed by atoms with van der Waals surface area (Å²) in [7, 11) is 0. The zero-order valence-corrected chi connectivity index (χ0v) is 8.37. The third-order valence-electron chi connectivity index (χ3n) is 2.40.